The molecule has 5 rings (SSSR count). The van der Waals surface area contributed by atoms with Gasteiger partial charge < -0.3 is 19.8 Å². The van der Waals surface area contributed by atoms with E-state index in [1.165, 1.54) is 5.56 Å². The largest absolute Gasteiger partial charge is 0.478 e. The number of aromatic carboxylic acids is 1. The van der Waals surface area contributed by atoms with E-state index in [1.807, 2.05) is 41.0 Å². The summed E-state index contributed by atoms with van der Waals surface area (Å²) in [6.07, 6.45) is 5.62. The van der Waals surface area contributed by atoms with Crippen LogP contribution in [0.5, 0.6) is 0 Å². The second-order valence-electron chi connectivity index (χ2n) is 12.6. The Bertz CT molecular complexity index is 1490. The molecule has 0 saturated carbocycles. The summed E-state index contributed by atoms with van der Waals surface area (Å²) in [5.41, 5.74) is 5.40. The van der Waals surface area contributed by atoms with Crippen LogP contribution < -0.4 is 4.90 Å². The molecule has 2 aliphatic rings. The molecular formula is C37H44ClN3O4. The minimum absolute atomic E-state index is 0.0745. The molecule has 2 heterocycles. The van der Waals surface area contributed by atoms with Gasteiger partial charge in [0.05, 0.1) is 5.56 Å². The number of amides is 2. The highest BCUT2D eigenvalue weighted by atomic mass is 35.5. The number of piperidine rings is 2. The van der Waals surface area contributed by atoms with Crippen LogP contribution in [-0.4, -0.2) is 72.0 Å². The van der Waals surface area contributed by atoms with Gasteiger partial charge in [0.2, 0.25) is 11.8 Å². The Morgan fingerprint density at radius 2 is 1.60 bits per heavy atom. The number of aryl methyl sites for hydroxylation is 1. The van der Waals surface area contributed by atoms with Crippen LogP contribution in [0.4, 0.5) is 5.69 Å². The number of benzene rings is 3. The predicted molar refractivity (Wildman–Crippen MR) is 180 cm³/mol. The lowest BCUT2D eigenvalue weighted by molar-refractivity contribution is -0.133. The maximum atomic E-state index is 13.8. The van der Waals surface area contributed by atoms with E-state index in [-0.39, 0.29) is 17.7 Å². The van der Waals surface area contributed by atoms with Crippen molar-refractivity contribution in [1.29, 1.82) is 0 Å². The van der Waals surface area contributed by atoms with Crippen LogP contribution in [0.2, 0.25) is 5.02 Å². The zero-order valence-electron chi connectivity index (χ0n) is 26.4. The van der Waals surface area contributed by atoms with Crippen molar-refractivity contribution in [1.82, 2.24) is 9.80 Å². The van der Waals surface area contributed by atoms with E-state index in [9.17, 15) is 19.5 Å². The van der Waals surface area contributed by atoms with Crippen molar-refractivity contribution in [2.24, 2.45) is 11.8 Å². The molecule has 0 aliphatic carbocycles. The standard InChI is InChI=1S/C37H44ClN3O4/c1-26-7-12-34(25-35(26)38)41(36(43)31-15-21-40(22-16-31)27(2)42)18-4-17-39-19-13-29(14-20-39)23-28-8-10-30(11-9-28)32-5-3-6-33(24-32)37(44)45/h3,5-12,24-25,29,31H,4,13-23H2,1-2H3,(H,44,45). The van der Waals surface area contributed by atoms with E-state index < -0.39 is 5.97 Å². The molecular weight excluding hydrogens is 586 g/mol. The summed E-state index contributed by atoms with van der Waals surface area (Å²) in [6.45, 7) is 8.53. The fourth-order valence-electron chi connectivity index (χ4n) is 6.64. The molecule has 0 spiro atoms. The topological polar surface area (TPSA) is 81.2 Å². The minimum atomic E-state index is -0.912. The average molecular weight is 630 g/mol. The van der Waals surface area contributed by atoms with Crippen LogP contribution in [0.3, 0.4) is 0 Å². The van der Waals surface area contributed by atoms with E-state index in [2.05, 4.69) is 29.2 Å². The van der Waals surface area contributed by atoms with Crippen LogP contribution in [0, 0.1) is 18.8 Å². The van der Waals surface area contributed by atoms with Crippen molar-refractivity contribution in [3.63, 3.8) is 0 Å². The lowest BCUT2D eigenvalue weighted by atomic mass is 9.89. The SMILES string of the molecule is CC(=O)N1CCC(C(=O)N(CCCN2CCC(Cc3ccc(-c4cccc(C(=O)O)c4)cc3)CC2)c2ccc(C)c(Cl)c2)CC1. The Morgan fingerprint density at radius 1 is 0.889 bits per heavy atom. The molecule has 7 nitrogen and oxygen atoms in total. The number of carbonyl (C=O) groups excluding carboxylic acids is 2. The van der Waals surface area contributed by atoms with Crippen molar-refractivity contribution < 1.29 is 19.5 Å². The lowest BCUT2D eigenvalue weighted by Gasteiger charge is -2.35. The van der Waals surface area contributed by atoms with Gasteiger partial charge in [-0.2, -0.15) is 0 Å². The van der Waals surface area contributed by atoms with Crippen LogP contribution in [0.1, 0.15) is 60.5 Å². The zero-order valence-corrected chi connectivity index (χ0v) is 27.1. The van der Waals surface area contributed by atoms with Gasteiger partial charge in [0.25, 0.3) is 0 Å². The van der Waals surface area contributed by atoms with Gasteiger partial charge in [-0.3, -0.25) is 9.59 Å². The summed E-state index contributed by atoms with van der Waals surface area (Å²) in [4.78, 5) is 43.1. The zero-order chi connectivity index (χ0) is 31.9. The molecule has 238 valence electrons. The number of nitrogens with zero attached hydrogens (tertiary/aromatic N) is 3. The van der Waals surface area contributed by atoms with Crippen LogP contribution in [0.15, 0.2) is 66.7 Å². The van der Waals surface area contributed by atoms with Crippen molar-refractivity contribution in [2.45, 2.75) is 52.4 Å². The van der Waals surface area contributed by atoms with E-state index in [4.69, 9.17) is 11.6 Å². The molecule has 1 N–H and O–H groups in total. The minimum Gasteiger partial charge on any atom is -0.478 e. The Balaban J connectivity index is 1.11. The van der Waals surface area contributed by atoms with Gasteiger partial charge in [-0.05, 0) is 118 Å². The smallest absolute Gasteiger partial charge is 0.335 e. The summed E-state index contributed by atoms with van der Waals surface area (Å²) >= 11 is 6.47. The molecule has 0 unspecified atom stereocenters. The third-order valence-electron chi connectivity index (χ3n) is 9.51. The normalized spacial score (nSPS) is 16.5. The molecule has 0 bridgehead atoms. The van der Waals surface area contributed by atoms with Gasteiger partial charge in [0.1, 0.15) is 0 Å². The monoisotopic (exact) mass is 629 g/mol. The summed E-state index contributed by atoms with van der Waals surface area (Å²) in [6, 6.07) is 21.5. The van der Waals surface area contributed by atoms with E-state index >= 15 is 0 Å². The summed E-state index contributed by atoms with van der Waals surface area (Å²) in [7, 11) is 0. The third-order valence-corrected chi connectivity index (χ3v) is 9.91. The number of halogens is 1. The van der Waals surface area contributed by atoms with E-state index in [0.29, 0.717) is 49.0 Å². The third kappa shape index (κ3) is 8.53. The number of carboxylic acid groups (broad SMARTS) is 1. The fraction of sp³-hybridized carbons (Fsp3) is 0.432. The number of rotatable bonds is 10. The summed E-state index contributed by atoms with van der Waals surface area (Å²) in [5, 5.41) is 9.96. The molecule has 8 heteroatoms. The van der Waals surface area contributed by atoms with Gasteiger partial charge in [0.15, 0.2) is 0 Å². The van der Waals surface area contributed by atoms with Crippen molar-refractivity contribution in [3.8, 4) is 11.1 Å². The maximum Gasteiger partial charge on any atom is 0.335 e. The highest BCUT2D eigenvalue weighted by Gasteiger charge is 2.30. The number of hydrogen-bond donors (Lipinski definition) is 1. The first-order valence-corrected chi connectivity index (χ1v) is 16.5. The molecule has 0 aromatic heterocycles. The van der Waals surface area contributed by atoms with Gasteiger partial charge >= 0.3 is 5.97 Å². The number of carbonyl (C=O) groups is 3. The first-order valence-electron chi connectivity index (χ1n) is 16.2. The second-order valence-corrected chi connectivity index (χ2v) is 13.0. The molecule has 0 radical (unpaired) electrons. The van der Waals surface area contributed by atoms with E-state index in [0.717, 1.165) is 67.7 Å². The number of carboxylic acids is 1. The number of anilines is 1. The molecule has 3 aromatic carbocycles. The quantitative estimate of drug-likeness (QED) is 0.263. The first kappa shape index (κ1) is 32.7. The average Bonchev–Trinajstić information content (AvgIpc) is 3.05. The molecule has 0 atom stereocenters. The van der Waals surface area contributed by atoms with Gasteiger partial charge in [0, 0.05) is 43.2 Å². The molecule has 2 aliphatic heterocycles. The molecule has 2 fully saturated rings. The Kier molecular flexibility index (Phi) is 11.0. The molecule has 2 amide bonds. The Labute approximate surface area is 271 Å². The highest BCUT2D eigenvalue weighted by Crippen LogP contribution is 2.29. The number of hydrogen-bond acceptors (Lipinski definition) is 4. The van der Waals surface area contributed by atoms with Crippen molar-refractivity contribution >= 4 is 35.1 Å². The lowest BCUT2D eigenvalue weighted by Crippen LogP contribution is -2.45. The van der Waals surface area contributed by atoms with E-state index in [1.54, 1.807) is 25.1 Å². The van der Waals surface area contributed by atoms with Crippen molar-refractivity contribution in [2.75, 3.05) is 44.2 Å². The predicted octanol–water partition coefficient (Wildman–Crippen LogP) is 6.95. The molecule has 2 saturated heterocycles. The van der Waals surface area contributed by atoms with Crippen LogP contribution in [-0.2, 0) is 16.0 Å². The molecule has 45 heavy (non-hydrogen) atoms. The Hall–Kier alpha value is -3.68. The van der Waals surface area contributed by atoms with Gasteiger partial charge in [-0.1, -0.05) is 54.1 Å². The second kappa shape index (κ2) is 15.1. The maximum absolute atomic E-state index is 13.8. The van der Waals surface area contributed by atoms with Crippen molar-refractivity contribution in [3.05, 3.63) is 88.4 Å². The van der Waals surface area contributed by atoms with Gasteiger partial charge in [-0.15, -0.1) is 0 Å². The summed E-state index contributed by atoms with van der Waals surface area (Å²) in [5.74, 6) is -0.149. The first-order chi connectivity index (χ1) is 21.7. The fourth-order valence-corrected chi connectivity index (χ4v) is 6.82. The number of likely N-dealkylation sites (tertiary alicyclic amines) is 2. The Morgan fingerprint density at radius 3 is 2.24 bits per heavy atom. The van der Waals surface area contributed by atoms with Crippen LogP contribution >= 0.6 is 11.6 Å². The van der Waals surface area contributed by atoms with Crippen LogP contribution in [0.25, 0.3) is 11.1 Å². The van der Waals surface area contributed by atoms with Gasteiger partial charge in [-0.25, -0.2) is 4.79 Å². The summed E-state index contributed by atoms with van der Waals surface area (Å²) < 4.78 is 0. The molecule has 3 aromatic rings. The highest BCUT2D eigenvalue weighted by molar-refractivity contribution is 6.31.